The second-order valence-electron chi connectivity index (χ2n) is 9.63. The smallest absolute Gasteiger partial charge is 0.407 e. The Morgan fingerprint density at radius 2 is 1.89 bits per heavy atom. The van der Waals surface area contributed by atoms with E-state index in [2.05, 4.69) is 35.1 Å². The Hall–Kier alpha value is -2.97. The fourth-order valence-electron chi connectivity index (χ4n) is 5.47. The molecule has 2 aromatic carbocycles. The highest BCUT2D eigenvalue weighted by molar-refractivity contribution is 6.35. The van der Waals surface area contributed by atoms with E-state index in [1.54, 1.807) is 6.07 Å². The molecule has 2 unspecified atom stereocenters. The van der Waals surface area contributed by atoms with Gasteiger partial charge in [-0.2, -0.15) is 5.10 Å². The molecule has 190 valence electrons. The number of likely N-dealkylation sites (tertiary alicyclic amines) is 1. The predicted molar refractivity (Wildman–Crippen MR) is 141 cm³/mol. The fourth-order valence-corrected chi connectivity index (χ4v) is 6.03. The summed E-state index contributed by atoms with van der Waals surface area (Å²) < 4.78 is 1.97. The van der Waals surface area contributed by atoms with Crippen LogP contribution in [0.3, 0.4) is 0 Å². The van der Waals surface area contributed by atoms with Crippen LogP contribution in [0.4, 0.5) is 10.5 Å². The highest BCUT2D eigenvalue weighted by atomic mass is 35.5. The number of hydrogen-bond acceptors (Lipinski definition) is 4. The maximum Gasteiger partial charge on any atom is 0.407 e. The first-order chi connectivity index (χ1) is 17.2. The number of fused-ring (bicyclic) bond motifs is 1. The van der Waals surface area contributed by atoms with Crippen molar-refractivity contribution in [3.63, 3.8) is 0 Å². The lowest BCUT2D eigenvalue weighted by atomic mass is 10.1. The Morgan fingerprint density at radius 3 is 2.61 bits per heavy atom. The van der Waals surface area contributed by atoms with E-state index in [4.69, 9.17) is 23.2 Å². The number of nitrogens with zero attached hydrogens (tertiary/aromatic N) is 5. The van der Waals surface area contributed by atoms with Gasteiger partial charge in [0.15, 0.2) is 0 Å². The summed E-state index contributed by atoms with van der Waals surface area (Å²) in [5.41, 5.74) is 3.00. The van der Waals surface area contributed by atoms with Gasteiger partial charge in [0.2, 0.25) is 5.91 Å². The molecule has 0 aliphatic carbocycles. The van der Waals surface area contributed by atoms with Crippen LogP contribution in [0.15, 0.2) is 42.6 Å². The standard InChI is InChI=1S/C26H29Cl2N5O3/c1-16-15-30(10-11-31(16)25(34)23-4-3-9-32(23)26(35)36)20-7-5-18-14-29-33(24(18)13-20)17(2)21-8-6-19(27)12-22(21)28/h5-8,12-14,16-17,23H,3-4,9-11,15H2,1-2H3,(H,35,36)/t16?,17-,23?/m1/s1. The summed E-state index contributed by atoms with van der Waals surface area (Å²) in [5, 5.41) is 16.3. The number of aromatic nitrogens is 2. The summed E-state index contributed by atoms with van der Waals surface area (Å²) in [6, 6.07) is 11.1. The molecule has 2 aliphatic heterocycles. The first-order valence-electron chi connectivity index (χ1n) is 12.2. The Morgan fingerprint density at radius 1 is 1.08 bits per heavy atom. The molecular formula is C26H29Cl2N5O3. The summed E-state index contributed by atoms with van der Waals surface area (Å²) in [6.45, 7) is 6.41. The zero-order chi connectivity index (χ0) is 25.6. The van der Waals surface area contributed by atoms with E-state index < -0.39 is 12.1 Å². The van der Waals surface area contributed by atoms with Crippen LogP contribution in [0, 0.1) is 0 Å². The van der Waals surface area contributed by atoms with E-state index in [1.165, 1.54) is 4.90 Å². The van der Waals surface area contributed by atoms with E-state index in [-0.39, 0.29) is 18.0 Å². The van der Waals surface area contributed by atoms with E-state index in [9.17, 15) is 14.7 Å². The van der Waals surface area contributed by atoms with Crippen molar-refractivity contribution >= 4 is 51.8 Å². The molecule has 2 amide bonds. The molecule has 0 spiro atoms. The van der Waals surface area contributed by atoms with Gasteiger partial charge in [-0.3, -0.25) is 14.4 Å². The number of carboxylic acid groups (broad SMARTS) is 1. The molecule has 36 heavy (non-hydrogen) atoms. The van der Waals surface area contributed by atoms with Gasteiger partial charge in [0.1, 0.15) is 6.04 Å². The molecule has 0 bridgehead atoms. The zero-order valence-electron chi connectivity index (χ0n) is 20.3. The zero-order valence-corrected chi connectivity index (χ0v) is 21.8. The van der Waals surface area contributed by atoms with Crippen LogP contribution in [0.5, 0.6) is 0 Å². The number of rotatable bonds is 4. The summed E-state index contributed by atoms with van der Waals surface area (Å²) >= 11 is 12.6. The molecule has 10 heteroatoms. The molecule has 3 atom stereocenters. The van der Waals surface area contributed by atoms with E-state index in [1.807, 2.05) is 34.8 Å². The molecule has 1 N–H and O–H groups in total. The summed E-state index contributed by atoms with van der Waals surface area (Å²) in [7, 11) is 0. The van der Waals surface area contributed by atoms with Gasteiger partial charge >= 0.3 is 6.09 Å². The van der Waals surface area contributed by atoms with Crippen molar-refractivity contribution < 1.29 is 14.7 Å². The molecule has 8 nitrogen and oxygen atoms in total. The molecule has 0 saturated carbocycles. The van der Waals surface area contributed by atoms with Crippen LogP contribution in [0.2, 0.25) is 10.0 Å². The molecule has 2 saturated heterocycles. The van der Waals surface area contributed by atoms with Gasteiger partial charge in [0, 0.05) is 53.3 Å². The van der Waals surface area contributed by atoms with Gasteiger partial charge in [0.05, 0.1) is 17.8 Å². The lowest BCUT2D eigenvalue weighted by molar-refractivity contribution is -0.137. The van der Waals surface area contributed by atoms with Crippen LogP contribution in [0.25, 0.3) is 10.9 Å². The molecule has 3 aromatic rings. The van der Waals surface area contributed by atoms with Crippen molar-refractivity contribution in [3.05, 3.63) is 58.2 Å². The van der Waals surface area contributed by atoms with Crippen molar-refractivity contribution in [1.29, 1.82) is 0 Å². The molecule has 2 aliphatic rings. The number of halogens is 2. The van der Waals surface area contributed by atoms with Gasteiger partial charge < -0.3 is 14.9 Å². The van der Waals surface area contributed by atoms with Crippen molar-refractivity contribution in [2.75, 3.05) is 31.1 Å². The average molecular weight is 530 g/mol. The SMILES string of the molecule is CC1CN(c2ccc3cnn([C@H](C)c4ccc(Cl)cc4Cl)c3c2)CCN1C(=O)C1CCCN1C(=O)O. The second-order valence-corrected chi connectivity index (χ2v) is 10.5. The van der Waals surface area contributed by atoms with E-state index >= 15 is 0 Å². The third-order valence-corrected chi connectivity index (χ3v) is 7.98. The maximum atomic E-state index is 13.2. The van der Waals surface area contributed by atoms with Gasteiger partial charge in [0.25, 0.3) is 0 Å². The monoisotopic (exact) mass is 529 g/mol. The van der Waals surface area contributed by atoms with Crippen LogP contribution in [-0.2, 0) is 4.79 Å². The molecule has 0 radical (unpaired) electrons. The number of anilines is 1. The number of amides is 2. The minimum atomic E-state index is -1.02. The van der Waals surface area contributed by atoms with E-state index in [0.717, 1.165) is 28.6 Å². The maximum absolute atomic E-state index is 13.2. The molecule has 5 rings (SSSR count). The minimum Gasteiger partial charge on any atom is -0.465 e. The fraction of sp³-hybridized carbons (Fsp3) is 0.423. The molecule has 3 heterocycles. The highest BCUT2D eigenvalue weighted by Crippen LogP contribution is 2.32. The lowest BCUT2D eigenvalue weighted by Crippen LogP contribution is -2.58. The number of carbonyl (C=O) groups is 2. The predicted octanol–water partition coefficient (Wildman–Crippen LogP) is 5.13. The molecule has 1 aromatic heterocycles. The van der Waals surface area contributed by atoms with Crippen molar-refractivity contribution in [1.82, 2.24) is 19.6 Å². The number of hydrogen-bond donors (Lipinski definition) is 1. The van der Waals surface area contributed by atoms with Crippen LogP contribution in [0.1, 0.15) is 38.3 Å². The van der Waals surface area contributed by atoms with Crippen molar-refractivity contribution in [2.45, 2.75) is 44.8 Å². The first kappa shape index (κ1) is 24.7. The quantitative estimate of drug-likeness (QED) is 0.506. The highest BCUT2D eigenvalue weighted by Gasteiger charge is 2.39. The Balaban J connectivity index is 1.35. The summed E-state index contributed by atoms with van der Waals surface area (Å²) in [5.74, 6) is -0.0794. The van der Waals surface area contributed by atoms with Gasteiger partial charge in [-0.1, -0.05) is 29.3 Å². The Kier molecular flexibility index (Phi) is 6.74. The third-order valence-electron chi connectivity index (χ3n) is 7.42. The van der Waals surface area contributed by atoms with Gasteiger partial charge in [-0.25, -0.2) is 4.79 Å². The normalized spacial score (nSPS) is 21.3. The minimum absolute atomic E-state index is 0.0325. The van der Waals surface area contributed by atoms with Crippen molar-refractivity contribution in [3.8, 4) is 0 Å². The Bertz CT molecular complexity index is 1310. The Labute approximate surface area is 220 Å². The largest absolute Gasteiger partial charge is 0.465 e. The van der Waals surface area contributed by atoms with E-state index in [0.29, 0.717) is 42.6 Å². The number of carbonyl (C=O) groups excluding carboxylic acids is 1. The topological polar surface area (TPSA) is 81.9 Å². The third kappa shape index (κ3) is 4.48. The summed E-state index contributed by atoms with van der Waals surface area (Å²) in [6.07, 6.45) is 2.16. The molecule has 2 fully saturated rings. The van der Waals surface area contributed by atoms with Crippen LogP contribution >= 0.6 is 23.2 Å². The van der Waals surface area contributed by atoms with Gasteiger partial charge in [-0.05, 0) is 62.6 Å². The van der Waals surface area contributed by atoms with Crippen LogP contribution < -0.4 is 4.90 Å². The second kappa shape index (κ2) is 9.82. The average Bonchev–Trinajstić information content (AvgIpc) is 3.50. The number of piperazine rings is 1. The number of benzene rings is 2. The summed E-state index contributed by atoms with van der Waals surface area (Å²) in [4.78, 5) is 30.1. The van der Waals surface area contributed by atoms with Gasteiger partial charge in [-0.15, -0.1) is 0 Å². The first-order valence-corrected chi connectivity index (χ1v) is 13.0. The van der Waals surface area contributed by atoms with Crippen LogP contribution in [-0.4, -0.2) is 74.9 Å². The van der Waals surface area contributed by atoms with Crippen molar-refractivity contribution in [2.24, 2.45) is 0 Å². The lowest BCUT2D eigenvalue weighted by Gasteiger charge is -2.42. The molecular weight excluding hydrogens is 501 g/mol.